The third kappa shape index (κ3) is 6.67. The van der Waals surface area contributed by atoms with Crippen molar-refractivity contribution in [2.75, 3.05) is 64.7 Å². The van der Waals surface area contributed by atoms with Crippen molar-refractivity contribution in [3.8, 4) is 0 Å². The molecule has 10 nitrogen and oxygen atoms in total. The van der Waals surface area contributed by atoms with Crippen LogP contribution >= 0.6 is 24.0 Å². The van der Waals surface area contributed by atoms with E-state index in [0.29, 0.717) is 18.8 Å². The number of para-hydroxylation sites is 2. The van der Waals surface area contributed by atoms with Crippen LogP contribution in [0.4, 0.5) is 11.4 Å². The first-order valence-electron chi connectivity index (χ1n) is 11.0. The number of hydrogen-bond acceptors (Lipinski definition) is 6. The van der Waals surface area contributed by atoms with Crippen LogP contribution in [0.5, 0.6) is 0 Å². The van der Waals surface area contributed by atoms with Crippen molar-refractivity contribution in [3.05, 3.63) is 34.4 Å². The molecule has 0 spiro atoms. The second kappa shape index (κ2) is 12.8. The fourth-order valence-electron chi connectivity index (χ4n) is 4.17. The average molecular weight is 559 g/mol. The Morgan fingerprint density at radius 2 is 1.75 bits per heavy atom. The van der Waals surface area contributed by atoms with Gasteiger partial charge >= 0.3 is 0 Å². The molecule has 2 aliphatic heterocycles. The topological polar surface area (TPSA) is 106 Å². The highest BCUT2D eigenvalue weighted by atomic mass is 127. The number of nitrogens with zero attached hydrogens (tertiary/aromatic N) is 5. The Morgan fingerprint density at radius 3 is 2.38 bits per heavy atom. The fraction of sp³-hybridized carbons (Fsp3) is 0.619. The molecule has 32 heavy (non-hydrogen) atoms. The number of nitro benzene ring substituents is 1. The lowest BCUT2D eigenvalue weighted by Crippen LogP contribution is -2.57. The van der Waals surface area contributed by atoms with Gasteiger partial charge in [-0.1, -0.05) is 12.1 Å². The number of amides is 1. The maximum absolute atomic E-state index is 12.7. The van der Waals surface area contributed by atoms with Gasteiger partial charge in [-0.3, -0.25) is 24.8 Å². The van der Waals surface area contributed by atoms with Crippen LogP contribution in [0.1, 0.15) is 19.8 Å². The summed E-state index contributed by atoms with van der Waals surface area (Å²) in [7, 11) is 1.75. The smallest absolute Gasteiger partial charge is 0.292 e. The minimum Gasteiger partial charge on any atom is -0.378 e. The quantitative estimate of drug-likeness (QED) is 0.131. The highest BCUT2D eigenvalue weighted by Crippen LogP contribution is 2.22. The Hall–Kier alpha value is -2.15. The first-order valence-corrected chi connectivity index (χ1v) is 11.0. The summed E-state index contributed by atoms with van der Waals surface area (Å²) < 4.78 is 0. The minimum atomic E-state index is -0.385. The molecule has 1 unspecified atom stereocenters. The Balaban J connectivity index is 0.00000363. The largest absolute Gasteiger partial charge is 0.378 e. The normalized spacial score (nSPS) is 18.1. The molecule has 3 rings (SSSR count). The van der Waals surface area contributed by atoms with Gasteiger partial charge in [0.15, 0.2) is 5.96 Å². The molecule has 1 atom stereocenters. The van der Waals surface area contributed by atoms with Gasteiger partial charge in [-0.15, -0.1) is 24.0 Å². The zero-order chi connectivity index (χ0) is 22.2. The molecule has 0 bridgehead atoms. The highest BCUT2D eigenvalue weighted by molar-refractivity contribution is 14.0. The first-order chi connectivity index (χ1) is 15.0. The molecule has 1 aromatic carbocycles. The molecule has 1 aromatic rings. The van der Waals surface area contributed by atoms with Gasteiger partial charge in [0.05, 0.1) is 11.0 Å². The van der Waals surface area contributed by atoms with Crippen molar-refractivity contribution in [2.24, 2.45) is 4.99 Å². The molecule has 0 aliphatic carbocycles. The van der Waals surface area contributed by atoms with Crippen LogP contribution in [0.3, 0.4) is 0 Å². The number of carbonyl (C=O) groups is 1. The minimum absolute atomic E-state index is 0. The number of anilines is 1. The summed E-state index contributed by atoms with van der Waals surface area (Å²) in [5.74, 6) is 1.05. The molecule has 2 heterocycles. The van der Waals surface area contributed by atoms with Crippen LogP contribution in [-0.2, 0) is 4.79 Å². The number of aliphatic imine (C=N–C) groups is 1. The van der Waals surface area contributed by atoms with Gasteiger partial charge in [-0.2, -0.15) is 0 Å². The van der Waals surface area contributed by atoms with E-state index in [1.165, 1.54) is 6.07 Å². The van der Waals surface area contributed by atoms with Crippen LogP contribution in [0.15, 0.2) is 29.3 Å². The number of guanidine groups is 1. The monoisotopic (exact) mass is 559 g/mol. The molecule has 2 fully saturated rings. The Morgan fingerprint density at radius 1 is 1.09 bits per heavy atom. The van der Waals surface area contributed by atoms with Crippen molar-refractivity contribution in [2.45, 2.75) is 25.8 Å². The number of nitro groups is 1. The van der Waals surface area contributed by atoms with Crippen LogP contribution in [0.25, 0.3) is 0 Å². The molecule has 2 saturated heterocycles. The summed E-state index contributed by atoms with van der Waals surface area (Å²) in [6.45, 7) is 8.14. The van der Waals surface area contributed by atoms with E-state index in [0.717, 1.165) is 58.1 Å². The van der Waals surface area contributed by atoms with Crippen LogP contribution in [0.2, 0.25) is 0 Å². The van der Waals surface area contributed by atoms with Gasteiger partial charge in [-0.05, 0) is 25.8 Å². The highest BCUT2D eigenvalue weighted by Gasteiger charge is 2.30. The van der Waals surface area contributed by atoms with Gasteiger partial charge in [0.2, 0.25) is 5.91 Å². The lowest BCUT2D eigenvalue weighted by molar-refractivity contribution is -0.384. The zero-order valence-corrected chi connectivity index (χ0v) is 21.2. The van der Waals surface area contributed by atoms with Gasteiger partial charge in [-0.25, -0.2) is 0 Å². The van der Waals surface area contributed by atoms with Crippen molar-refractivity contribution >= 4 is 47.2 Å². The standard InChI is InChI=1S/C21H33N7O3.HI/c1-17(20(29)26-11-5-6-12-26)25-13-15-27(16-14-25)21(22-2)24-10-9-23-18-7-3-4-8-19(18)28(30)31;/h3-4,7-8,17,23H,5-6,9-16H2,1-2H3,(H,22,24);1H. The second-order valence-corrected chi connectivity index (χ2v) is 7.91. The van der Waals surface area contributed by atoms with E-state index in [-0.39, 0.29) is 46.5 Å². The van der Waals surface area contributed by atoms with Gasteiger partial charge in [0.1, 0.15) is 5.69 Å². The Bertz CT molecular complexity index is 793. The van der Waals surface area contributed by atoms with Crippen LogP contribution in [-0.4, -0.2) is 96.9 Å². The second-order valence-electron chi connectivity index (χ2n) is 7.91. The number of nitrogens with one attached hydrogen (secondary N) is 2. The number of piperazine rings is 1. The van der Waals surface area contributed by atoms with Gasteiger partial charge < -0.3 is 20.4 Å². The van der Waals surface area contributed by atoms with E-state index < -0.39 is 0 Å². The van der Waals surface area contributed by atoms with Gasteiger partial charge in [0.25, 0.3) is 5.69 Å². The molecule has 2 N–H and O–H groups in total. The number of likely N-dealkylation sites (tertiary alicyclic amines) is 1. The van der Waals surface area contributed by atoms with E-state index in [1.807, 2.05) is 11.8 Å². The summed E-state index contributed by atoms with van der Waals surface area (Å²) >= 11 is 0. The van der Waals surface area contributed by atoms with Crippen molar-refractivity contribution in [3.63, 3.8) is 0 Å². The van der Waals surface area contributed by atoms with Gasteiger partial charge in [0, 0.05) is 65.5 Å². The summed E-state index contributed by atoms with van der Waals surface area (Å²) in [6.07, 6.45) is 2.22. The van der Waals surface area contributed by atoms with Crippen molar-refractivity contribution in [1.29, 1.82) is 0 Å². The van der Waals surface area contributed by atoms with Crippen molar-refractivity contribution in [1.82, 2.24) is 20.0 Å². The maximum atomic E-state index is 12.7. The van der Waals surface area contributed by atoms with E-state index >= 15 is 0 Å². The number of hydrogen-bond donors (Lipinski definition) is 2. The lowest BCUT2D eigenvalue weighted by atomic mass is 10.2. The molecule has 2 aliphatic rings. The van der Waals surface area contributed by atoms with E-state index in [1.54, 1.807) is 25.2 Å². The number of rotatable bonds is 7. The molecule has 0 radical (unpaired) electrons. The Kier molecular flexibility index (Phi) is 10.4. The SMILES string of the molecule is CN=C(NCCNc1ccccc1[N+](=O)[O-])N1CCN(C(C)C(=O)N2CCCC2)CC1.I. The summed E-state index contributed by atoms with van der Waals surface area (Å²) in [5, 5.41) is 17.5. The summed E-state index contributed by atoms with van der Waals surface area (Å²) in [6, 6.07) is 6.54. The summed E-state index contributed by atoms with van der Waals surface area (Å²) in [4.78, 5) is 34.2. The van der Waals surface area contributed by atoms with Crippen LogP contribution in [0, 0.1) is 10.1 Å². The number of benzene rings is 1. The zero-order valence-electron chi connectivity index (χ0n) is 18.8. The molecular weight excluding hydrogens is 525 g/mol. The predicted octanol–water partition coefficient (Wildman–Crippen LogP) is 1.83. The fourth-order valence-corrected chi connectivity index (χ4v) is 4.17. The predicted molar refractivity (Wildman–Crippen MR) is 137 cm³/mol. The van der Waals surface area contributed by atoms with E-state index in [2.05, 4.69) is 25.4 Å². The van der Waals surface area contributed by atoms with Crippen LogP contribution < -0.4 is 10.6 Å². The van der Waals surface area contributed by atoms with E-state index in [4.69, 9.17) is 0 Å². The maximum Gasteiger partial charge on any atom is 0.292 e. The first kappa shape index (κ1) is 26.1. The third-order valence-electron chi connectivity index (χ3n) is 5.97. The molecule has 178 valence electrons. The Labute approximate surface area is 206 Å². The molecular formula is C21H34IN7O3. The van der Waals surface area contributed by atoms with Crippen molar-refractivity contribution < 1.29 is 9.72 Å². The lowest BCUT2D eigenvalue weighted by Gasteiger charge is -2.39. The molecule has 0 saturated carbocycles. The number of halogens is 1. The average Bonchev–Trinajstić information content (AvgIpc) is 3.33. The summed E-state index contributed by atoms with van der Waals surface area (Å²) in [5.41, 5.74) is 0.579. The van der Waals surface area contributed by atoms with E-state index in [9.17, 15) is 14.9 Å². The molecule has 1 amide bonds. The molecule has 11 heteroatoms. The molecule has 0 aromatic heterocycles. The third-order valence-corrected chi connectivity index (χ3v) is 5.97. The number of carbonyl (C=O) groups excluding carboxylic acids is 1.